The molecular weight excluding hydrogens is 348 g/mol. The van der Waals surface area contributed by atoms with Crippen molar-refractivity contribution in [2.45, 2.75) is 44.2 Å². The zero-order valence-electron chi connectivity index (χ0n) is 16.7. The number of hydrogen-bond donors (Lipinski definition) is 0. The van der Waals surface area contributed by atoms with E-state index in [1.807, 2.05) is 12.1 Å². The first-order chi connectivity index (χ1) is 13.7. The lowest BCUT2D eigenvalue weighted by Gasteiger charge is -2.42. The van der Waals surface area contributed by atoms with Crippen molar-refractivity contribution in [1.29, 1.82) is 0 Å². The molecule has 0 N–H and O–H groups in total. The molecule has 2 fully saturated rings. The Balaban J connectivity index is 1.39. The van der Waals surface area contributed by atoms with Gasteiger partial charge >= 0.3 is 0 Å². The number of rotatable bonds is 7. The molecule has 4 rings (SSSR count). The van der Waals surface area contributed by atoms with E-state index in [-0.39, 0.29) is 11.9 Å². The van der Waals surface area contributed by atoms with Gasteiger partial charge < -0.3 is 9.64 Å². The highest BCUT2D eigenvalue weighted by molar-refractivity contribution is 5.77. The van der Waals surface area contributed by atoms with E-state index in [9.17, 15) is 4.79 Å². The van der Waals surface area contributed by atoms with Crippen molar-refractivity contribution in [2.75, 3.05) is 26.7 Å². The molecule has 0 spiro atoms. The Labute approximate surface area is 168 Å². The van der Waals surface area contributed by atoms with Gasteiger partial charge in [-0.15, -0.1) is 0 Å². The smallest absolute Gasteiger partial charge is 0.223 e. The van der Waals surface area contributed by atoms with Crippen LogP contribution in [0.15, 0.2) is 54.6 Å². The minimum Gasteiger partial charge on any atom is -0.497 e. The summed E-state index contributed by atoms with van der Waals surface area (Å²) in [5.41, 5.74) is 2.50. The van der Waals surface area contributed by atoms with E-state index in [1.54, 1.807) is 7.11 Å². The van der Waals surface area contributed by atoms with Crippen molar-refractivity contribution < 1.29 is 9.53 Å². The Morgan fingerprint density at radius 1 is 1.00 bits per heavy atom. The van der Waals surface area contributed by atoms with Crippen LogP contribution >= 0.6 is 0 Å². The van der Waals surface area contributed by atoms with E-state index in [0.29, 0.717) is 6.42 Å². The summed E-state index contributed by atoms with van der Waals surface area (Å²) in [6.45, 7) is 2.88. The third kappa shape index (κ3) is 4.74. The second-order valence-corrected chi connectivity index (χ2v) is 8.00. The molecule has 4 heteroatoms. The van der Waals surface area contributed by atoms with Crippen LogP contribution < -0.4 is 4.74 Å². The normalized spacial score (nSPS) is 20.2. The molecule has 1 aliphatic heterocycles. The lowest BCUT2D eigenvalue weighted by molar-refractivity contribution is -0.136. The van der Waals surface area contributed by atoms with Gasteiger partial charge in [-0.25, -0.2) is 0 Å². The first-order valence-electron chi connectivity index (χ1n) is 10.4. The molecule has 1 aliphatic carbocycles. The molecule has 1 heterocycles. The summed E-state index contributed by atoms with van der Waals surface area (Å²) in [6.07, 6.45) is 4.94. The van der Waals surface area contributed by atoms with Crippen molar-refractivity contribution >= 4 is 5.91 Å². The summed E-state index contributed by atoms with van der Waals surface area (Å²) in [4.78, 5) is 17.8. The van der Waals surface area contributed by atoms with E-state index in [0.717, 1.165) is 44.3 Å². The molecule has 0 aromatic heterocycles. The van der Waals surface area contributed by atoms with E-state index >= 15 is 0 Å². The van der Waals surface area contributed by atoms with Crippen molar-refractivity contribution in [3.8, 4) is 5.75 Å². The van der Waals surface area contributed by atoms with Crippen LogP contribution in [-0.4, -0.2) is 54.5 Å². The third-order valence-corrected chi connectivity index (χ3v) is 6.00. The predicted molar refractivity (Wildman–Crippen MR) is 112 cm³/mol. The van der Waals surface area contributed by atoms with Gasteiger partial charge in [0.15, 0.2) is 0 Å². The van der Waals surface area contributed by atoms with Gasteiger partial charge in [0.25, 0.3) is 0 Å². The summed E-state index contributed by atoms with van der Waals surface area (Å²) in [7, 11) is 1.67. The zero-order valence-corrected chi connectivity index (χ0v) is 16.7. The number of piperazine rings is 1. The minimum absolute atomic E-state index is 0.278. The number of nitrogens with zero attached hydrogens (tertiary/aromatic N) is 2. The number of aryl methyl sites for hydroxylation is 1. The number of carbonyl (C=O) groups is 1. The molecule has 148 valence electrons. The van der Waals surface area contributed by atoms with Gasteiger partial charge in [0.1, 0.15) is 5.75 Å². The summed E-state index contributed by atoms with van der Waals surface area (Å²) in [6, 6.07) is 19.7. The average Bonchev–Trinajstić information content (AvgIpc) is 3.58. The van der Waals surface area contributed by atoms with Crippen LogP contribution in [-0.2, 0) is 17.6 Å². The van der Waals surface area contributed by atoms with Crippen molar-refractivity contribution in [3.63, 3.8) is 0 Å². The number of carbonyl (C=O) groups excluding carboxylic acids is 1. The fraction of sp³-hybridized carbons (Fsp3) is 0.458. The van der Waals surface area contributed by atoms with E-state index < -0.39 is 0 Å². The van der Waals surface area contributed by atoms with Crippen LogP contribution in [0.5, 0.6) is 5.75 Å². The number of hydrogen-bond acceptors (Lipinski definition) is 3. The maximum absolute atomic E-state index is 13.1. The largest absolute Gasteiger partial charge is 0.497 e. The lowest BCUT2D eigenvalue weighted by Crippen LogP contribution is -2.56. The predicted octanol–water partition coefficient (Wildman–Crippen LogP) is 3.55. The Hall–Kier alpha value is -2.33. The molecule has 1 saturated carbocycles. The van der Waals surface area contributed by atoms with Crippen LogP contribution in [0.4, 0.5) is 0 Å². The fourth-order valence-corrected chi connectivity index (χ4v) is 4.23. The molecule has 2 aromatic rings. The van der Waals surface area contributed by atoms with Crippen LogP contribution in [0, 0.1) is 0 Å². The SMILES string of the molecule is COc1ccc(CCC(=O)N2CCN(C3CC3)CC2Cc2ccccc2)cc1. The van der Waals surface area contributed by atoms with Gasteiger partial charge in [0.2, 0.25) is 5.91 Å². The van der Waals surface area contributed by atoms with Crippen molar-refractivity contribution in [2.24, 2.45) is 0 Å². The molecule has 28 heavy (non-hydrogen) atoms. The molecule has 4 nitrogen and oxygen atoms in total. The van der Waals surface area contributed by atoms with Gasteiger partial charge in [-0.1, -0.05) is 42.5 Å². The molecule has 0 bridgehead atoms. The standard InChI is InChI=1S/C24H30N2O2/c1-28-23-12-7-19(8-13-23)9-14-24(27)26-16-15-25(21-10-11-21)18-22(26)17-20-5-3-2-4-6-20/h2-8,12-13,21-22H,9-11,14-18H2,1H3. The van der Waals surface area contributed by atoms with Crippen molar-refractivity contribution in [3.05, 3.63) is 65.7 Å². The zero-order chi connectivity index (χ0) is 19.3. The first kappa shape index (κ1) is 19.0. The third-order valence-electron chi connectivity index (χ3n) is 6.00. The summed E-state index contributed by atoms with van der Waals surface area (Å²) in [5.74, 6) is 1.14. The highest BCUT2D eigenvalue weighted by Crippen LogP contribution is 2.30. The average molecular weight is 379 g/mol. The minimum atomic E-state index is 0.278. The Morgan fingerprint density at radius 2 is 1.75 bits per heavy atom. The monoisotopic (exact) mass is 378 g/mol. The molecule has 1 atom stereocenters. The number of amides is 1. The molecule has 2 aliphatic rings. The van der Waals surface area contributed by atoms with Crippen LogP contribution in [0.3, 0.4) is 0 Å². The van der Waals surface area contributed by atoms with E-state index in [4.69, 9.17) is 4.74 Å². The summed E-state index contributed by atoms with van der Waals surface area (Å²) >= 11 is 0. The van der Waals surface area contributed by atoms with E-state index in [1.165, 1.54) is 24.0 Å². The maximum Gasteiger partial charge on any atom is 0.223 e. The lowest BCUT2D eigenvalue weighted by atomic mass is 10.0. The van der Waals surface area contributed by atoms with E-state index in [2.05, 4.69) is 52.3 Å². The molecule has 0 radical (unpaired) electrons. The molecule has 1 amide bonds. The highest BCUT2D eigenvalue weighted by Gasteiger charge is 2.36. The Bertz CT molecular complexity index is 771. The highest BCUT2D eigenvalue weighted by atomic mass is 16.5. The van der Waals surface area contributed by atoms with Crippen molar-refractivity contribution in [1.82, 2.24) is 9.80 Å². The topological polar surface area (TPSA) is 32.8 Å². The second kappa shape index (κ2) is 8.78. The van der Waals surface area contributed by atoms with Gasteiger partial charge in [-0.3, -0.25) is 9.69 Å². The van der Waals surface area contributed by atoms with Gasteiger partial charge in [0, 0.05) is 38.1 Å². The fourth-order valence-electron chi connectivity index (χ4n) is 4.23. The summed E-state index contributed by atoms with van der Waals surface area (Å²) < 4.78 is 5.22. The van der Waals surface area contributed by atoms with Gasteiger partial charge in [-0.2, -0.15) is 0 Å². The molecule has 2 aromatic carbocycles. The maximum atomic E-state index is 13.1. The van der Waals surface area contributed by atoms with Crippen LogP contribution in [0.1, 0.15) is 30.4 Å². The molecule has 1 unspecified atom stereocenters. The summed E-state index contributed by atoms with van der Waals surface area (Å²) in [5, 5.41) is 0. The van der Waals surface area contributed by atoms with Gasteiger partial charge in [0.05, 0.1) is 7.11 Å². The number of benzene rings is 2. The molecular formula is C24H30N2O2. The first-order valence-corrected chi connectivity index (χ1v) is 10.4. The Morgan fingerprint density at radius 3 is 2.43 bits per heavy atom. The van der Waals surface area contributed by atoms with Gasteiger partial charge in [-0.05, 0) is 48.9 Å². The van der Waals surface area contributed by atoms with Crippen LogP contribution in [0.25, 0.3) is 0 Å². The quantitative estimate of drug-likeness (QED) is 0.739. The second-order valence-electron chi connectivity index (χ2n) is 8.00. The number of ether oxygens (including phenoxy) is 1. The molecule has 1 saturated heterocycles. The Kier molecular flexibility index (Phi) is 5.96. The van der Waals surface area contributed by atoms with Crippen LogP contribution in [0.2, 0.25) is 0 Å². The number of methoxy groups -OCH3 is 1.